The van der Waals surface area contributed by atoms with E-state index >= 15 is 0 Å². The number of halogens is 4. The Morgan fingerprint density at radius 3 is 1.90 bits per heavy atom. The predicted octanol–water partition coefficient (Wildman–Crippen LogP) is 7.84. The summed E-state index contributed by atoms with van der Waals surface area (Å²) in [7, 11) is 2.69. The number of alkyl halides is 3. The van der Waals surface area contributed by atoms with E-state index in [0.29, 0.717) is 13.2 Å². The quantitative estimate of drug-likeness (QED) is 0.0660. The lowest BCUT2D eigenvalue weighted by Crippen LogP contribution is -2.32. The molecule has 9 nitrogen and oxygen atoms in total. The van der Waals surface area contributed by atoms with Gasteiger partial charge in [-0.2, -0.15) is 11.1 Å². The van der Waals surface area contributed by atoms with Gasteiger partial charge in [0.25, 0.3) is 5.08 Å². The number of ether oxygens (including phenoxy) is 2. The Hall–Kier alpha value is -3.39. The summed E-state index contributed by atoms with van der Waals surface area (Å²) in [5.74, 6) is -1.65. The third kappa shape index (κ3) is 18.8. The third-order valence-electron chi connectivity index (χ3n) is 5.74. The molecule has 1 aromatic heterocycles. The van der Waals surface area contributed by atoms with Crippen LogP contribution in [0.25, 0.3) is 11.0 Å². The van der Waals surface area contributed by atoms with Gasteiger partial charge in [-0.05, 0) is 66.7 Å². The number of fused-ring (bicyclic) bond motifs is 1. The van der Waals surface area contributed by atoms with Gasteiger partial charge >= 0.3 is 11.9 Å². The first kappa shape index (κ1) is 42.6. The molecule has 0 aliphatic heterocycles. The van der Waals surface area contributed by atoms with Crippen molar-refractivity contribution < 1.29 is 27.8 Å². The molecule has 2 unspecified atom stereocenters. The second kappa shape index (κ2) is 23.0. The second-order valence-corrected chi connectivity index (χ2v) is 19.6. The molecular formula is C34H47BrClF2N5O4Si. The van der Waals surface area contributed by atoms with E-state index in [1.807, 2.05) is 84.5 Å². The van der Waals surface area contributed by atoms with Gasteiger partial charge in [0.05, 0.1) is 18.7 Å². The molecule has 0 aliphatic carbocycles. The molecule has 0 amide bonds. The zero-order chi connectivity index (χ0) is 36.1. The van der Waals surface area contributed by atoms with E-state index in [1.54, 1.807) is 25.8 Å². The Morgan fingerprint density at radius 1 is 0.875 bits per heavy atom. The third-order valence-corrected chi connectivity index (χ3v) is 6.11. The largest absolute Gasteiger partial charge is 0.464 e. The molecule has 264 valence electrons. The van der Waals surface area contributed by atoms with Crippen LogP contribution in [0.3, 0.4) is 0 Å². The highest BCUT2D eigenvalue weighted by Crippen LogP contribution is 2.15. The van der Waals surface area contributed by atoms with Crippen LogP contribution in [0.4, 0.5) is 14.5 Å². The molecule has 0 spiro atoms. The molecule has 48 heavy (non-hydrogen) atoms. The molecule has 0 aliphatic rings. The van der Waals surface area contributed by atoms with Crippen LogP contribution in [0.5, 0.6) is 0 Å². The van der Waals surface area contributed by atoms with E-state index in [0.717, 1.165) is 22.3 Å². The highest BCUT2D eigenvalue weighted by atomic mass is 79.9. The Morgan fingerprint density at radius 2 is 1.38 bits per heavy atom. The van der Waals surface area contributed by atoms with Crippen LogP contribution in [0, 0.1) is 0 Å². The molecule has 0 fully saturated rings. The summed E-state index contributed by atoms with van der Waals surface area (Å²) in [6, 6.07) is 28.0. The van der Waals surface area contributed by atoms with E-state index in [2.05, 4.69) is 72.4 Å². The van der Waals surface area contributed by atoms with Crippen LogP contribution < -0.4 is 4.90 Å². The van der Waals surface area contributed by atoms with Gasteiger partial charge in [0, 0.05) is 25.8 Å². The molecule has 0 N–H and O–H groups in total. The Kier molecular flexibility index (Phi) is 20.5. The zero-order valence-electron chi connectivity index (χ0n) is 28.7. The van der Waals surface area contributed by atoms with Crippen molar-refractivity contribution in [2.45, 2.75) is 58.0 Å². The highest BCUT2D eigenvalue weighted by molar-refractivity contribution is 9.09. The van der Waals surface area contributed by atoms with E-state index in [9.17, 15) is 18.4 Å². The number of esters is 2. The van der Waals surface area contributed by atoms with Crippen molar-refractivity contribution in [3.8, 4) is 0 Å². The van der Waals surface area contributed by atoms with Gasteiger partial charge < -0.3 is 14.4 Å². The normalized spacial score (nSPS) is 11.8. The number of carbonyl (C=O) groups excluding carboxylic acids is 2. The van der Waals surface area contributed by atoms with E-state index in [1.165, 1.54) is 0 Å². The van der Waals surface area contributed by atoms with Crippen molar-refractivity contribution in [3.63, 3.8) is 0 Å². The van der Waals surface area contributed by atoms with Crippen LogP contribution in [0.15, 0.2) is 84.9 Å². The predicted molar refractivity (Wildman–Crippen MR) is 196 cm³/mol. The summed E-state index contributed by atoms with van der Waals surface area (Å²) in [5.41, 5.74) is 4.24. The van der Waals surface area contributed by atoms with Gasteiger partial charge in [-0.15, -0.1) is 5.10 Å². The molecule has 2 atom stereocenters. The number of aromatic nitrogens is 3. The summed E-state index contributed by atoms with van der Waals surface area (Å²) in [6.07, 6.45) is -1.58. The van der Waals surface area contributed by atoms with Crippen molar-refractivity contribution in [3.05, 3.63) is 90.5 Å². The molecule has 4 rings (SSSR count). The van der Waals surface area contributed by atoms with Crippen molar-refractivity contribution in [2.24, 2.45) is 0 Å². The standard InChI is InChI=1S/C14H14N4.C13H18FNO2.C4H6BrFO2.C3H9ClSi/c1-17(12-7-3-2-4-8-12)11-18-14-10-6-5-9-13(14)15-16-18;1-3-17-13(16)12(14)10-15(2)9-11-7-5-4-6-8-11;1-2-8-4(7)3(5)6;1-5(2,3)4/h2-10H,11H2,1H3;4-8,12H,3,9-10H2,1-2H3;3H,2H2,1H3;1-3H3. The lowest BCUT2D eigenvalue weighted by atomic mass is 10.2. The lowest BCUT2D eigenvalue weighted by Gasteiger charge is -2.19. The molecule has 0 bridgehead atoms. The van der Waals surface area contributed by atoms with Gasteiger partial charge in [-0.25, -0.2) is 23.1 Å². The fraction of sp³-hybridized carbons (Fsp3) is 0.412. The number of hydrogen-bond donors (Lipinski definition) is 0. The minimum absolute atomic E-state index is 0.0493. The minimum atomic E-state index is -1.68. The maximum Gasteiger partial charge on any atom is 0.351 e. The number of hydrogen-bond acceptors (Lipinski definition) is 8. The summed E-state index contributed by atoms with van der Waals surface area (Å²) in [5, 5.41) is 6.66. The van der Waals surface area contributed by atoms with Crippen molar-refractivity contribution in [1.82, 2.24) is 19.9 Å². The number of rotatable bonds is 11. The number of benzene rings is 3. The first-order valence-corrected chi connectivity index (χ1v) is 20.8. The minimum Gasteiger partial charge on any atom is -0.464 e. The highest BCUT2D eigenvalue weighted by Gasteiger charge is 2.20. The summed E-state index contributed by atoms with van der Waals surface area (Å²) >= 11 is 8.07. The Bertz CT molecular complexity index is 1460. The Labute approximate surface area is 297 Å². The van der Waals surface area contributed by atoms with Crippen LogP contribution in [-0.4, -0.2) is 84.3 Å². The summed E-state index contributed by atoms with van der Waals surface area (Å²) in [6.45, 7) is 11.3. The van der Waals surface area contributed by atoms with Gasteiger partial charge in [0.15, 0.2) is 0 Å². The lowest BCUT2D eigenvalue weighted by molar-refractivity contribution is -0.149. The fourth-order valence-electron chi connectivity index (χ4n) is 3.73. The molecule has 1 heterocycles. The molecule has 4 aromatic rings. The Balaban J connectivity index is 0.000000356. The molecule has 0 saturated carbocycles. The van der Waals surface area contributed by atoms with Crippen LogP contribution in [0.2, 0.25) is 19.6 Å². The molecule has 14 heteroatoms. The van der Waals surface area contributed by atoms with Gasteiger partial charge in [0.1, 0.15) is 19.6 Å². The van der Waals surface area contributed by atoms with E-state index < -0.39 is 30.6 Å². The van der Waals surface area contributed by atoms with Crippen LogP contribution >= 0.6 is 27.0 Å². The summed E-state index contributed by atoms with van der Waals surface area (Å²) in [4.78, 5) is 25.1. The first-order chi connectivity index (χ1) is 22.7. The number of para-hydroxylation sites is 2. The number of carbonyl (C=O) groups is 2. The molecule has 0 radical (unpaired) electrons. The van der Waals surface area contributed by atoms with Crippen molar-refractivity contribution in [1.29, 1.82) is 0 Å². The maximum absolute atomic E-state index is 13.4. The molecular weight excluding hydrogens is 724 g/mol. The second-order valence-electron chi connectivity index (χ2n) is 11.3. The smallest absolute Gasteiger partial charge is 0.351 e. The molecule has 0 saturated heterocycles. The van der Waals surface area contributed by atoms with Gasteiger partial charge in [-0.3, -0.25) is 4.90 Å². The first-order valence-electron chi connectivity index (χ1n) is 15.4. The molecule has 3 aromatic carbocycles. The van der Waals surface area contributed by atoms with Crippen LogP contribution in [0.1, 0.15) is 19.4 Å². The van der Waals surface area contributed by atoms with Crippen LogP contribution in [-0.2, 0) is 32.3 Å². The fourth-order valence-corrected chi connectivity index (χ4v) is 3.86. The zero-order valence-corrected chi connectivity index (χ0v) is 32.0. The van der Waals surface area contributed by atoms with E-state index in [-0.39, 0.29) is 19.8 Å². The van der Waals surface area contributed by atoms with Gasteiger partial charge in [0.2, 0.25) is 6.17 Å². The number of nitrogens with zero attached hydrogens (tertiary/aromatic N) is 5. The SMILES string of the molecule is CCOC(=O)C(F)Br.CCOC(=O)C(F)CN(C)Cc1ccccc1.CN(Cn1nnc2ccccc21)c1ccccc1.C[Si](C)(C)Cl. The van der Waals surface area contributed by atoms with E-state index in [4.69, 9.17) is 11.1 Å². The van der Waals surface area contributed by atoms with Crippen molar-refractivity contribution >= 4 is 63.1 Å². The maximum atomic E-state index is 13.4. The summed E-state index contributed by atoms with van der Waals surface area (Å²) < 4.78 is 35.9. The van der Waals surface area contributed by atoms with Crippen molar-refractivity contribution in [2.75, 3.05) is 38.8 Å². The van der Waals surface area contributed by atoms with Gasteiger partial charge in [-0.1, -0.05) is 85.5 Å². The average molecular weight is 771 g/mol. The topological polar surface area (TPSA) is 89.8 Å². The number of anilines is 1. The monoisotopic (exact) mass is 769 g/mol. The average Bonchev–Trinajstić information content (AvgIpc) is 3.44.